The monoisotopic (exact) mass is 221 g/mol. The van der Waals surface area contributed by atoms with Crippen LogP contribution in [0.25, 0.3) is 0 Å². The Kier molecular flexibility index (Phi) is 4.92. The van der Waals surface area contributed by atoms with E-state index in [0.717, 1.165) is 18.5 Å². The zero-order valence-electron chi connectivity index (χ0n) is 9.86. The number of pyridine rings is 1. The van der Waals surface area contributed by atoms with Crippen LogP contribution in [0.1, 0.15) is 35.8 Å². The molecule has 0 aliphatic heterocycles. The summed E-state index contributed by atoms with van der Waals surface area (Å²) in [5.74, 6) is -0.0722. The Balaban J connectivity index is 2.48. The molecular weight excluding hydrogens is 202 g/mol. The third-order valence-corrected chi connectivity index (χ3v) is 2.39. The van der Waals surface area contributed by atoms with Gasteiger partial charge in [0.25, 0.3) is 5.91 Å². The fraction of sp³-hybridized carbons (Fsp3) is 0.500. The van der Waals surface area contributed by atoms with Crippen LogP contribution in [0.15, 0.2) is 18.3 Å². The van der Waals surface area contributed by atoms with Crippen LogP contribution >= 0.6 is 0 Å². The summed E-state index contributed by atoms with van der Waals surface area (Å²) < 4.78 is 0. The highest BCUT2D eigenvalue weighted by Crippen LogP contribution is 2.01. The molecular formula is C12H19N3O. The molecule has 0 fully saturated rings. The van der Waals surface area contributed by atoms with Crippen molar-refractivity contribution in [2.24, 2.45) is 5.73 Å². The van der Waals surface area contributed by atoms with Gasteiger partial charge < -0.3 is 11.1 Å². The predicted molar refractivity (Wildman–Crippen MR) is 64.2 cm³/mol. The molecule has 4 heteroatoms. The molecule has 1 aromatic heterocycles. The molecule has 16 heavy (non-hydrogen) atoms. The van der Waals surface area contributed by atoms with E-state index in [2.05, 4.69) is 10.3 Å². The highest BCUT2D eigenvalue weighted by molar-refractivity contribution is 5.94. The quantitative estimate of drug-likeness (QED) is 0.786. The van der Waals surface area contributed by atoms with Gasteiger partial charge in [0.1, 0.15) is 0 Å². The van der Waals surface area contributed by atoms with E-state index in [9.17, 15) is 4.79 Å². The van der Waals surface area contributed by atoms with Gasteiger partial charge in [-0.05, 0) is 45.4 Å². The first kappa shape index (κ1) is 12.6. The van der Waals surface area contributed by atoms with Crippen LogP contribution in [0, 0.1) is 6.92 Å². The molecule has 1 aromatic rings. The van der Waals surface area contributed by atoms with E-state index >= 15 is 0 Å². The maximum atomic E-state index is 11.7. The van der Waals surface area contributed by atoms with Gasteiger partial charge in [0, 0.05) is 17.9 Å². The first-order valence-electron chi connectivity index (χ1n) is 5.57. The van der Waals surface area contributed by atoms with Crippen molar-refractivity contribution in [2.45, 2.75) is 32.7 Å². The van der Waals surface area contributed by atoms with Gasteiger partial charge in [0.15, 0.2) is 0 Å². The van der Waals surface area contributed by atoms with Crippen molar-refractivity contribution in [2.75, 3.05) is 6.54 Å². The van der Waals surface area contributed by atoms with E-state index in [4.69, 9.17) is 5.73 Å². The minimum atomic E-state index is -0.0722. The topological polar surface area (TPSA) is 68.0 Å². The molecule has 4 nitrogen and oxygen atoms in total. The summed E-state index contributed by atoms with van der Waals surface area (Å²) in [6.45, 7) is 4.53. The number of amides is 1. The molecule has 0 aliphatic carbocycles. The van der Waals surface area contributed by atoms with Crippen molar-refractivity contribution in [3.8, 4) is 0 Å². The van der Waals surface area contributed by atoms with Gasteiger partial charge in [0.05, 0.1) is 5.56 Å². The van der Waals surface area contributed by atoms with E-state index in [1.54, 1.807) is 12.3 Å². The van der Waals surface area contributed by atoms with Gasteiger partial charge in [-0.25, -0.2) is 0 Å². The molecule has 0 spiro atoms. The van der Waals surface area contributed by atoms with E-state index in [-0.39, 0.29) is 11.9 Å². The third-order valence-electron chi connectivity index (χ3n) is 2.39. The zero-order valence-corrected chi connectivity index (χ0v) is 9.86. The molecule has 0 radical (unpaired) electrons. The maximum Gasteiger partial charge on any atom is 0.253 e. The molecule has 0 saturated carbocycles. The van der Waals surface area contributed by atoms with Crippen molar-refractivity contribution in [1.29, 1.82) is 0 Å². The standard InChI is InChI=1S/C12H19N3O/c1-9-5-6-11(8-14-9)12(16)15-10(2)4-3-7-13/h5-6,8,10H,3-4,7,13H2,1-2H3,(H,15,16). The lowest BCUT2D eigenvalue weighted by atomic mass is 10.1. The number of carbonyl (C=O) groups is 1. The number of hydrogen-bond acceptors (Lipinski definition) is 3. The van der Waals surface area contributed by atoms with Crippen molar-refractivity contribution >= 4 is 5.91 Å². The second-order valence-electron chi connectivity index (χ2n) is 3.99. The largest absolute Gasteiger partial charge is 0.350 e. The lowest BCUT2D eigenvalue weighted by Crippen LogP contribution is -2.32. The lowest BCUT2D eigenvalue weighted by Gasteiger charge is -2.13. The summed E-state index contributed by atoms with van der Waals surface area (Å²) in [4.78, 5) is 15.8. The Hall–Kier alpha value is -1.42. The van der Waals surface area contributed by atoms with Crippen LogP contribution in [0.2, 0.25) is 0 Å². The first-order chi connectivity index (χ1) is 7.63. The normalized spacial score (nSPS) is 12.2. The number of aryl methyl sites for hydroxylation is 1. The van der Waals surface area contributed by atoms with Gasteiger partial charge >= 0.3 is 0 Å². The summed E-state index contributed by atoms with van der Waals surface area (Å²) >= 11 is 0. The first-order valence-corrected chi connectivity index (χ1v) is 5.57. The van der Waals surface area contributed by atoms with Crippen LogP contribution in [0.3, 0.4) is 0 Å². The number of carbonyl (C=O) groups excluding carboxylic acids is 1. The van der Waals surface area contributed by atoms with Gasteiger partial charge in [-0.3, -0.25) is 9.78 Å². The lowest BCUT2D eigenvalue weighted by molar-refractivity contribution is 0.0938. The van der Waals surface area contributed by atoms with Gasteiger partial charge in [-0.1, -0.05) is 0 Å². The Morgan fingerprint density at radius 3 is 2.88 bits per heavy atom. The summed E-state index contributed by atoms with van der Waals surface area (Å²) in [7, 11) is 0. The molecule has 0 bridgehead atoms. The van der Waals surface area contributed by atoms with Crippen LogP contribution in [-0.4, -0.2) is 23.5 Å². The minimum Gasteiger partial charge on any atom is -0.350 e. The van der Waals surface area contributed by atoms with E-state index < -0.39 is 0 Å². The highest BCUT2D eigenvalue weighted by atomic mass is 16.1. The van der Waals surface area contributed by atoms with Gasteiger partial charge in [-0.15, -0.1) is 0 Å². The molecule has 1 rings (SSSR count). The molecule has 1 amide bonds. The maximum absolute atomic E-state index is 11.7. The molecule has 88 valence electrons. The Morgan fingerprint density at radius 2 is 2.31 bits per heavy atom. The SMILES string of the molecule is Cc1ccc(C(=O)NC(C)CCCN)cn1. The molecule has 1 unspecified atom stereocenters. The van der Waals surface area contributed by atoms with Crippen molar-refractivity contribution in [3.63, 3.8) is 0 Å². The summed E-state index contributed by atoms with van der Waals surface area (Å²) in [5, 5.41) is 2.92. The second-order valence-corrected chi connectivity index (χ2v) is 3.99. The number of nitrogens with zero attached hydrogens (tertiary/aromatic N) is 1. The van der Waals surface area contributed by atoms with Crippen molar-refractivity contribution in [3.05, 3.63) is 29.6 Å². The van der Waals surface area contributed by atoms with Crippen LogP contribution in [-0.2, 0) is 0 Å². The van der Waals surface area contributed by atoms with Gasteiger partial charge in [0.2, 0.25) is 0 Å². The number of hydrogen-bond donors (Lipinski definition) is 2. The number of aromatic nitrogens is 1. The fourth-order valence-corrected chi connectivity index (χ4v) is 1.41. The second kappa shape index (κ2) is 6.23. The van der Waals surface area contributed by atoms with Crippen LogP contribution in [0.5, 0.6) is 0 Å². The zero-order chi connectivity index (χ0) is 12.0. The number of nitrogens with two attached hydrogens (primary N) is 1. The summed E-state index contributed by atoms with van der Waals surface area (Å²) in [6, 6.07) is 3.77. The fourth-order valence-electron chi connectivity index (χ4n) is 1.41. The molecule has 3 N–H and O–H groups in total. The molecule has 0 aliphatic rings. The van der Waals surface area contributed by atoms with Crippen molar-refractivity contribution in [1.82, 2.24) is 10.3 Å². The third kappa shape index (κ3) is 3.98. The molecule has 1 heterocycles. The van der Waals surface area contributed by atoms with Crippen LogP contribution < -0.4 is 11.1 Å². The van der Waals surface area contributed by atoms with Crippen molar-refractivity contribution < 1.29 is 4.79 Å². The average molecular weight is 221 g/mol. The number of nitrogens with one attached hydrogen (secondary N) is 1. The van der Waals surface area contributed by atoms with Gasteiger partial charge in [-0.2, -0.15) is 0 Å². The van der Waals surface area contributed by atoms with E-state index in [0.29, 0.717) is 12.1 Å². The Morgan fingerprint density at radius 1 is 1.56 bits per heavy atom. The minimum absolute atomic E-state index is 0.0722. The number of rotatable bonds is 5. The van der Waals surface area contributed by atoms with Crippen LogP contribution in [0.4, 0.5) is 0 Å². The molecule has 1 atom stereocenters. The summed E-state index contributed by atoms with van der Waals surface area (Å²) in [6.07, 6.45) is 3.43. The van der Waals surface area contributed by atoms with E-state index in [1.165, 1.54) is 0 Å². The summed E-state index contributed by atoms with van der Waals surface area (Å²) in [5.41, 5.74) is 6.92. The smallest absolute Gasteiger partial charge is 0.253 e. The molecule has 0 saturated heterocycles. The molecule has 0 aromatic carbocycles. The Bertz CT molecular complexity index is 335. The van der Waals surface area contributed by atoms with E-state index in [1.807, 2.05) is 19.9 Å². The predicted octanol–water partition coefficient (Wildman–Crippen LogP) is 1.25. The Labute approximate surface area is 96.3 Å². The highest BCUT2D eigenvalue weighted by Gasteiger charge is 2.09. The average Bonchev–Trinajstić information content (AvgIpc) is 2.27.